The molecule has 0 radical (unpaired) electrons. The van der Waals surface area contributed by atoms with Gasteiger partial charge in [-0.2, -0.15) is 20.3 Å². The molecule has 0 saturated carbocycles. The Morgan fingerprint density at radius 2 is 1.87 bits per heavy atom. The summed E-state index contributed by atoms with van der Waals surface area (Å²) in [5.41, 5.74) is 0.760. The van der Waals surface area contributed by atoms with Gasteiger partial charge in [0.1, 0.15) is 0 Å². The number of hydrogen-bond acceptors (Lipinski definition) is 9. The number of azo groups is 1. The van der Waals surface area contributed by atoms with E-state index in [-0.39, 0.29) is 21.9 Å². The Bertz CT molecular complexity index is 1160. The summed E-state index contributed by atoms with van der Waals surface area (Å²) in [6, 6.07) is 7.22. The number of amides is 3. The van der Waals surface area contributed by atoms with Gasteiger partial charge in [-0.05, 0) is 43.3 Å². The van der Waals surface area contributed by atoms with Crippen LogP contribution in [0.5, 0.6) is 0 Å². The Balaban J connectivity index is 1.74. The molecule has 12 heteroatoms. The maximum atomic E-state index is 12.5. The van der Waals surface area contributed by atoms with E-state index in [4.69, 9.17) is 0 Å². The number of nitrogens with one attached hydrogen (secondary N) is 1. The quantitative estimate of drug-likeness (QED) is 0.562. The number of hydrogen-bond donors (Lipinski definition) is 1. The second-order valence-corrected chi connectivity index (χ2v) is 7.89. The molecule has 3 amide bonds. The minimum absolute atomic E-state index is 0.125. The SMILES string of the molecule is CC(=O)NS(=O)(=O)c1ccc(N=N[C@@H]2C(=O)N(C(=O)c3cccnc3)N=C2C)cc1. The maximum Gasteiger partial charge on any atom is 0.282 e. The third kappa shape index (κ3) is 4.43. The van der Waals surface area contributed by atoms with Crippen LogP contribution in [0.3, 0.4) is 0 Å². The van der Waals surface area contributed by atoms with Crippen molar-refractivity contribution in [2.24, 2.45) is 15.3 Å². The van der Waals surface area contributed by atoms with Crippen molar-refractivity contribution in [3.63, 3.8) is 0 Å². The molecule has 3 rings (SSSR count). The average Bonchev–Trinajstić information content (AvgIpc) is 2.99. The number of imide groups is 1. The van der Waals surface area contributed by atoms with E-state index in [1.165, 1.54) is 42.7 Å². The number of aromatic nitrogens is 1. The van der Waals surface area contributed by atoms with Gasteiger partial charge < -0.3 is 0 Å². The van der Waals surface area contributed by atoms with Gasteiger partial charge in [-0.15, -0.1) is 0 Å². The monoisotopic (exact) mass is 428 g/mol. The summed E-state index contributed by atoms with van der Waals surface area (Å²) in [6.07, 6.45) is 2.83. The van der Waals surface area contributed by atoms with Crippen molar-refractivity contribution in [3.8, 4) is 0 Å². The van der Waals surface area contributed by atoms with Gasteiger partial charge in [0.2, 0.25) is 5.91 Å². The fourth-order valence-corrected chi connectivity index (χ4v) is 3.50. The molecule has 1 aromatic heterocycles. The number of rotatable bonds is 5. The van der Waals surface area contributed by atoms with Crippen LogP contribution in [0.15, 0.2) is 69.0 Å². The summed E-state index contributed by atoms with van der Waals surface area (Å²) < 4.78 is 25.7. The van der Waals surface area contributed by atoms with Gasteiger partial charge in [-0.25, -0.2) is 13.1 Å². The van der Waals surface area contributed by atoms with Crippen LogP contribution in [0.1, 0.15) is 24.2 Å². The molecule has 2 aromatic rings. The summed E-state index contributed by atoms with van der Waals surface area (Å²) >= 11 is 0. The molecule has 0 unspecified atom stereocenters. The lowest BCUT2D eigenvalue weighted by Crippen LogP contribution is -2.34. The predicted molar refractivity (Wildman–Crippen MR) is 104 cm³/mol. The van der Waals surface area contributed by atoms with E-state index < -0.39 is 33.8 Å². The molecule has 30 heavy (non-hydrogen) atoms. The van der Waals surface area contributed by atoms with Gasteiger partial charge in [-0.1, -0.05) is 0 Å². The number of pyridine rings is 1. The molecule has 0 aliphatic carbocycles. The van der Waals surface area contributed by atoms with Crippen LogP contribution in [0.25, 0.3) is 0 Å². The molecule has 0 spiro atoms. The second-order valence-electron chi connectivity index (χ2n) is 6.21. The molecule has 0 fully saturated rings. The van der Waals surface area contributed by atoms with Gasteiger partial charge in [0, 0.05) is 19.3 Å². The Morgan fingerprint density at radius 1 is 1.17 bits per heavy atom. The third-order valence-electron chi connectivity index (χ3n) is 3.91. The summed E-state index contributed by atoms with van der Waals surface area (Å²) in [6.45, 7) is 2.63. The van der Waals surface area contributed by atoms with Gasteiger partial charge in [0.05, 0.1) is 21.9 Å². The van der Waals surface area contributed by atoms with Crippen LogP contribution in [0.4, 0.5) is 5.69 Å². The molecule has 1 atom stereocenters. The predicted octanol–water partition coefficient (Wildman–Crippen LogP) is 1.42. The first-order valence-corrected chi connectivity index (χ1v) is 10.0. The highest BCUT2D eigenvalue weighted by Gasteiger charge is 2.38. The first-order valence-electron chi connectivity index (χ1n) is 8.57. The Hall–Kier alpha value is -3.80. The fraction of sp³-hybridized carbons (Fsp3) is 0.167. The van der Waals surface area contributed by atoms with Crippen molar-refractivity contribution in [2.75, 3.05) is 0 Å². The lowest BCUT2D eigenvalue weighted by molar-refractivity contribution is -0.127. The van der Waals surface area contributed by atoms with E-state index >= 15 is 0 Å². The van der Waals surface area contributed by atoms with Crippen molar-refractivity contribution in [1.29, 1.82) is 0 Å². The van der Waals surface area contributed by atoms with Gasteiger partial charge in [-0.3, -0.25) is 19.4 Å². The van der Waals surface area contributed by atoms with Gasteiger partial charge in [0.15, 0.2) is 6.04 Å². The first-order chi connectivity index (χ1) is 14.2. The van der Waals surface area contributed by atoms with E-state index in [9.17, 15) is 22.8 Å². The molecule has 0 bridgehead atoms. The Morgan fingerprint density at radius 3 is 2.47 bits per heavy atom. The molecular formula is C18H16N6O5S. The van der Waals surface area contributed by atoms with Crippen LogP contribution in [-0.2, 0) is 19.6 Å². The van der Waals surface area contributed by atoms with E-state index in [0.717, 1.165) is 11.9 Å². The Kier molecular flexibility index (Phi) is 5.78. The van der Waals surface area contributed by atoms with Crippen LogP contribution >= 0.6 is 0 Å². The van der Waals surface area contributed by atoms with Crippen molar-refractivity contribution >= 4 is 39.1 Å². The first kappa shape index (κ1) is 20.9. The fourth-order valence-electron chi connectivity index (χ4n) is 2.51. The van der Waals surface area contributed by atoms with Crippen LogP contribution in [-0.4, -0.2) is 47.9 Å². The molecule has 154 valence electrons. The molecule has 11 nitrogen and oxygen atoms in total. The molecule has 0 saturated heterocycles. The van der Waals surface area contributed by atoms with Crippen molar-refractivity contribution in [3.05, 3.63) is 54.4 Å². The Labute approximate surface area is 171 Å². The van der Waals surface area contributed by atoms with Crippen LogP contribution < -0.4 is 4.72 Å². The average molecular weight is 428 g/mol. The number of nitrogens with zero attached hydrogens (tertiary/aromatic N) is 5. The minimum atomic E-state index is -3.96. The molecule has 1 aliphatic heterocycles. The minimum Gasteiger partial charge on any atom is -0.274 e. The topological polar surface area (TPSA) is 151 Å². The number of carbonyl (C=O) groups excluding carboxylic acids is 3. The smallest absolute Gasteiger partial charge is 0.274 e. The molecule has 1 aliphatic rings. The number of sulfonamides is 1. The maximum absolute atomic E-state index is 12.5. The second kappa shape index (κ2) is 8.29. The zero-order chi connectivity index (χ0) is 21.9. The van der Waals surface area contributed by atoms with Crippen LogP contribution in [0, 0.1) is 0 Å². The molecular weight excluding hydrogens is 412 g/mol. The van der Waals surface area contributed by atoms with Gasteiger partial charge in [0.25, 0.3) is 21.8 Å². The van der Waals surface area contributed by atoms with Crippen LogP contribution in [0.2, 0.25) is 0 Å². The zero-order valence-electron chi connectivity index (χ0n) is 15.9. The standard InChI is InChI=1S/C18H16N6O5S/c1-11-16(18(27)24(22-11)17(26)13-4-3-9-19-10-13)21-20-14-5-7-15(8-6-14)30(28,29)23-12(2)25/h3-10,16H,1-2H3,(H,23,25)/t16-/m0/s1. The number of hydrazone groups is 1. The molecule has 2 heterocycles. The zero-order valence-corrected chi connectivity index (χ0v) is 16.7. The van der Waals surface area contributed by atoms with Crippen molar-refractivity contribution < 1.29 is 22.8 Å². The largest absolute Gasteiger partial charge is 0.282 e. The highest BCUT2D eigenvalue weighted by Crippen LogP contribution is 2.20. The lowest BCUT2D eigenvalue weighted by atomic mass is 10.2. The van der Waals surface area contributed by atoms with E-state index in [1.807, 2.05) is 4.72 Å². The van der Waals surface area contributed by atoms with E-state index in [1.54, 1.807) is 13.0 Å². The summed E-state index contributed by atoms with van der Waals surface area (Å²) in [7, 11) is -3.96. The van der Waals surface area contributed by atoms with E-state index in [2.05, 4.69) is 20.3 Å². The highest BCUT2D eigenvalue weighted by atomic mass is 32.2. The van der Waals surface area contributed by atoms with Crippen molar-refractivity contribution in [2.45, 2.75) is 24.8 Å². The normalized spacial score (nSPS) is 16.6. The van der Waals surface area contributed by atoms with Gasteiger partial charge >= 0.3 is 0 Å². The number of carbonyl (C=O) groups is 3. The third-order valence-corrected chi connectivity index (χ3v) is 5.36. The summed E-state index contributed by atoms with van der Waals surface area (Å²) in [5.74, 6) is -1.99. The summed E-state index contributed by atoms with van der Waals surface area (Å²) in [4.78, 5) is 39.7. The number of benzene rings is 1. The lowest BCUT2D eigenvalue weighted by Gasteiger charge is -2.10. The molecule has 1 N–H and O–H groups in total. The molecule has 1 aromatic carbocycles. The summed E-state index contributed by atoms with van der Waals surface area (Å²) in [5, 5.41) is 12.6. The highest BCUT2D eigenvalue weighted by molar-refractivity contribution is 7.90. The van der Waals surface area contributed by atoms with Crippen molar-refractivity contribution in [1.82, 2.24) is 14.7 Å². The van der Waals surface area contributed by atoms with E-state index in [0.29, 0.717) is 0 Å².